The molecule has 90 valence electrons. The quantitative estimate of drug-likeness (QED) is 0.798. The van der Waals surface area contributed by atoms with Gasteiger partial charge in [0.25, 0.3) is 0 Å². The summed E-state index contributed by atoms with van der Waals surface area (Å²) in [7, 11) is 1.83. The van der Waals surface area contributed by atoms with Gasteiger partial charge >= 0.3 is 0 Å². The molecule has 7 heteroatoms. The molecule has 2 heterocycles. The molecule has 0 fully saturated rings. The number of primary amides is 1. The zero-order valence-electron chi connectivity index (χ0n) is 9.38. The number of carbonyl (C=O) groups is 1. The number of aryl methyl sites for hydroxylation is 1. The van der Waals surface area contributed by atoms with Gasteiger partial charge in [0.1, 0.15) is 6.33 Å². The Kier molecular flexibility index (Phi) is 3.50. The molecular weight excluding hydrogens is 238 g/mol. The van der Waals surface area contributed by atoms with E-state index in [0.29, 0.717) is 18.7 Å². The number of amides is 1. The topological polar surface area (TPSA) is 85.8 Å². The molecule has 2 aromatic heterocycles. The monoisotopic (exact) mass is 251 g/mol. The fraction of sp³-hybridized carbons (Fsp3) is 0.300. The molecule has 0 aromatic carbocycles. The smallest absolute Gasteiger partial charge is 0.249 e. The van der Waals surface area contributed by atoms with Crippen LogP contribution >= 0.6 is 11.3 Å². The number of carbonyl (C=O) groups excluding carboxylic acids is 1. The number of nitrogens with zero attached hydrogens (tertiary/aromatic N) is 3. The predicted molar refractivity (Wildman–Crippen MR) is 64.4 cm³/mol. The lowest BCUT2D eigenvalue weighted by Crippen LogP contribution is -2.13. The molecule has 6 nitrogen and oxygen atoms in total. The third kappa shape index (κ3) is 3.11. The van der Waals surface area contributed by atoms with Crippen molar-refractivity contribution in [3.05, 3.63) is 34.0 Å². The lowest BCUT2D eigenvalue weighted by atomic mass is 10.3. The molecule has 2 aromatic rings. The fourth-order valence-electron chi connectivity index (χ4n) is 1.36. The molecule has 0 aliphatic rings. The van der Waals surface area contributed by atoms with Gasteiger partial charge in [0, 0.05) is 23.8 Å². The first kappa shape index (κ1) is 11.7. The zero-order chi connectivity index (χ0) is 12.3. The Hall–Kier alpha value is -1.73. The number of rotatable bonds is 5. The van der Waals surface area contributed by atoms with Crippen LogP contribution in [0.4, 0.5) is 0 Å². The van der Waals surface area contributed by atoms with E-state index in [0.717, 1.165) is 10.7 Å². The summed E-state index contributed by atoms with van der Waals surface area (Å²) in [6.07, 6.45) is 1.66. The Labute approximate surface area is 102 Å². The van der Waals surface area contributed by atoms with Crippen molar-refractivity contribution in [2.24, 2.45) is 12.8 Å². The van der Waals surface area contributed by atoms with Crippen LogP contribution in [-0.4, -0.2) is 20.7 Å². The van der Waals surface area contributed by atoms with Crippen molar-refractivity contribution < 1.29 is 4.79 Å². The summed E-state index contributed by atoms with van der Waals surface area (Å²) in [5.41, 5.74) is 5.73. The zero-order valence-corrected chi connectivity index (χ0v) is 10.2. The van der Waals surface area contributed by atoms with Gasteiger partial charge in [-0.2, -0.15) is 5.10 Å². The van der Waals surface area contributed by atoms with Gasteiger partial charge in [-0.1, -0.05) is 0 Å². The van der Waals surface area contributed by atoms with Crippen LogP contribution in [0.2, 0.25) is 0 Å². The second kappa shape index (κ2) is 5.07. The molecule has 1 amide bonds. The second-order valence-electron chi connectivity index (χ2n) is 3.60. The summed E-state index contributed by atoms with van der Waals surface area (Å²) >= 11 is 1.51. The standard InChI is InChI=1S/C10H13N5OS/c1-15-6-13-9(14-15)4-12-3-8-2-7(5-17-8)10(11)16/h2,5-6,12H,3-4H2,1H3,(H2,11,16). The molecule has 0 unspecified atom stereocenters. The number of nitrogens with two attached hydrogens (primary N) is 1. The van der Waals surface area contributed by atoms with Crippen LogP contribution in [0.15, 0.2) is 17.8 Å². The maximum Gasteiger partial charge on any atom is 0.249 e. The van der Waals surface area contributed by atoms with Crippen LogP contribution in [0.25, 0.3) is 0 Å². The second-order valence-corrected chi connectivity index (χ2v) is 4.60. The average molecular weight is 251 g/mol. The van der Waals surface area contributed by atoms with Crippen molar-refractivity contribution >= 4 is 17.2 Å². The molecule has 0 bridgehead atoms. The number of nitrogens with one attached hydrogen (secondary N) is 1. The first-order valence-electron chi connectivity index (χ1n) is 5.07. The van der Waals surface area contributed by atoms with E-state index in [2.05, 4.69) is 15.4 Å². The summed E-state index contributed by atoms with van der Waals surface area (Å²) in [6, 6.07) is 1.80. The summed E-state index contributed by atoms with van der Waals surface area (Å²) in [5.74, 6) is 0.359. The molecule has 3 N–H and O–H groups in total. The van der Waals surface area contributed by atoms with E-state index in [4.69, 9.17) is 5.73 Å². The van der Waals surface area contributed by atoms with E-state index in [-0.39, 0.29) is 5.91 Å². The summed E-state index contributed by atoms with van der Waals surface area (Å²) in [6.45, 7) is 1.28. The Morgan fingerprint density at radius 1 is 1.59 bits per heavy atom. The van der Waals surface area contributed by atoms with Gasteiger partial charge in [-0.15, -0.1) is 11.3 Å². The van der Waals surface area contributed by atoms with Crippen LogP contribution in [0.5, 0.6) is 0 Å². The van der Waals surface area contributed by atoms with Gasteiger partial charge in [-0.3, -0.25) is 9.48 Å². The first-order valence-corrected chi connectivity index (χ1v) is 5.95. The van der Waals surface area contributed by atoms with Crippen molar-refractivity contribution in [1.29, 1.82) is 0 Å². The number of hydrogen-bond acceptors (Lipinski definition) is 5. The average Bonchev–Trinajstić information content (AvgIpc) is 2.88. The van der Waals surface area contributed by atoms with Gasteiger partial charge in [0.2, 0.25) is 5.91 Å². The Bertz CT molecular complexity index is 518. The molecule has 0 saturated carbocycles. The van der Waals surface area contributed by atoms with Crippen LogP contribution in [0.3, 0.4) is 0 Å². The van der Waals surface area contributed by atoms with Gasteiger partial charge in [-0.25, -0.2) is 4.98 Å². The Morgan fingerprint density at radius 3 is 3.00 bits per heavy atom. The third-order valence-electron chi connectivity index (χ3n) is 2.17. The van der Waals surface area contributed by atoms with Gasteiger partial charge < -0.3 is 11.1 Å². The van der Waals surface area contributed by atoms with Crippen molar-refractivity contribution in [3.8, 4) is 0 Å². The minimum absolute atomic E-state index is 0.390. The highest BCUT2D eigenvalue weighted by Crippen LogP contribution is 2.13. The molecule has 0 atom stereocenters. The molecule has 0 saturated heterocycles. The molecular formula is C10H13N5OS. The highest BCUT2D eigenvalue weighted by molar-refractivity contribution is 7.10. The molecule has 0 spiro atoms. The van der Waals surface area contributed by atoms with E-state index in [1.165, 1.54) is 11.3 Å². The van der Waals surface area contributed by atoms with Crippen LogP contribution in [0.1, 0.15) is 21.1 Å². The molecule has 0 radical (unpaired) electrons. The Balaban J connectivity index is 1.83. The highest BCUT2D eigenvalue weighted by Gasteiger charge is 2.04. The number of thiophene rings is 1. The lowest BCUT2D eigenvalue weighted by molar-refractivity contribution is 0.100. The number of aromatic nitrogens is 3. The van der Waals surface area contributed by atoms with E-state index in [1.807, 2.05) is 7.05 Å². The van der Waals surface area contributed by atoms with E-state index in [9.17, 15) is 4.79 Å². The van der Waals surface area contributed by atoms with Crippen LogP contribution in [0, 0.1) is 0 Å². The van der Waals surface area contributed by atoms with E-state index >= 15 is 0 Å². The highest BCUT2D eigenvalue weighted by atomic mass is 32.1. The summed E-state index contributed by atoms with van der Waals surface area (Å²) < 4.78 is 1.66. The predicted octanol–water partition coefficient (Wildman–Crippen LogP) is 0.265. The molecule has 0 aliphatic carbocycles. The van der Waals surface area contributed by atoms with E-state index < -0.39 is 0 Å². The van der Waals surface area contributed by atoms with E-state index in [1.54, 1.807) is 22.5 Å². The van der Waals surface area contributed by atoms with Crippen molar-refractivity contribution in [2.75, 3.05) is 0 Å². The normalized spacial score (nSPS) is 10.6. The maximum atomic E-state index is 10.9. The summed E-state index contributed by atoms with van der Waals surface area (Å²) in [4.78, 5) is 16.1. The first-order chi connectivity index (χ1) is 8.15. The van der Waals surface area contributed by atoms with Crippen LogP contribution < -0.4 is 11.1 Å². The molecule has 17 heavy (non-hydrogen) atoms. The van der Waals surface area contributed by atoms with Crippen molar-refractivity contribution in [3.63, 3.8) is 0 Å². The van der Waals surface area contributed by atoms with Crippen LogP contribution in [-0.2, 0) is 20.1 Å². The molecule has 0 aliphatic heterocycles. The lowest BCUT2D eigenvalue weighted by Gasteiger charge is -1.98. The number of hydrogen-bond donors (Lipinski definition) is 2. The SMILES string of the molecule is Cn1cnc(CNCc2cc(C(N)=O)cs2)n1. The summed E-state index contributed by atoms with van der Waals surface area (Å²) in [5, 5.41) is 9.11. The van der Waals surface area contributed by atoms with Gasteiger partial charge in [0.05, 0.1) is 12.1 Å². The minimum Gasteiger partial charge on any atom is -0.366 e. The van der Waals surface area contributed by atoms with Gasteiger partial charge in [-0.05, 0) is 6.07 Å². The Morgan fingerprint density at radius 2 is 2.41 bits per heavy atom. The van der Waals surface area contributed by atoms with Crippen molar-refractivity contribution in [1.82, 2.24) is 20.1 Å². The van der Waals surface area contributed by atoms with Gasteiger partial charge in [0.15, 0.2) is 5.82 Å². The largest absolute Gasteiger partial charge is 0.366 e. The van der Waals surface area contributed by atoms with Crippen molar-refractivity contribution in [2.45, 2.75) is 13.1 Å². The maximum absolute atomic E-state index is 10.9. The molecule has 2 rings (SSSR count). The fourth-order valence-corrected chi connectivity index (χ4v) is 2.21. The third-order valence-corrected chi connectivity index (χ3v) is 3.10. The minimum atomic E-state index is -0.390.